The molecule has 27 heavy (non-hydrogen) atoms. The van der Waals surface area contributed by atoms with Crippen molar-refractivity contribution in [1.82, 2.24) is 4.90 Å². The maximum atomic E-state index is 13.9. The van der Waals surface area contributed by atoms with Gasteiger partial charge in [0.15, 0.2) is 0 Å². The standard InChI is InChI=1S/C21H21F2NO3/c1-13(25)11-18-9-10-24(21(26)27-18)14(2)15-3-5-16(6-4-15)19-8-7-17(22)12-20(19)23/h3-8,12,14,18H,9-11H2,1-2H3/t14-,18-/m0/s1. The minimum Gasteiger partial charge on any atom is -0.446 e. The molecule has 0 saturated carbocycles. The highest BCUT2D eigenvalue weighted by atomic mass is 19.1. The summed E-state index contributed by atoms with van der Waals surface area (Å²) < 4.78 is 32.3. The van der Waals surface area contributed by atoms with Crippen molar-refractivity contribution in [2.24, 2.45) is 0 Å². The van der Waals surface area contributed by atoms with Crippen LogP contribution in [0.15, 0.2) is 42.5 Å². The Morgan fingerprint density at radius 1 is 1.22 bits per heavy atom. The van der Waals surface area contributed by atoms with Crippen LogP contribution in [0.5, 0.6) is 0 Å². The second-order valence-corrected chi connectivity index (χ2v) is 6.82. The van der Waals surface area contributed by atoms with Crippen molar-refractivity contribution in [2.45, 2.75) is 38.8 Å². The van der Waals surface area contributed by atoms with Gasteiger partial charge in [-0.05, 0) is 37.1 Å². The molecular formula is C21H21F2NO3. The lowest BCUT2D eigenvalue weighted by Crippen LogP contribution is -2.43. The van der Waals surface area contributed by atoms with Crippen LogP contribution in [0.4, 0.5) is 13.6 Å². The summed E-state index contributed by atoms with van der Waals surface area (Å²) in [6, 6.07) is 10.4. The van der Waals surface area contributed by atoms with E-state index in [0.29, 0.717) is 24.1 Å². The third-order valence-electron chi connectivity index (χ3n) is 4.81. The number of carbonyl (C=O) groups is 2. The average molecular weight is 373 g/mol. The van der Waals surface area contributed by atoms with E-state index in [4.69, 9.17) is 4.74 Å². The summed E-state index contributed by atoms with van der Waals surface area (Å²) in [6.07, 6.45) is 0.0522. The minimum atomic E-state index is -0.619. The number of carbonyl (C=O) groups excluding carboxylic acids is 2. The lowest BCUT2D eigenvalue weighted by atomic mass is 9.99. The van der Waals surface area contributed by atoms with Gasteiger partial charge in [0, 0.05) is 31.0 Å². The molecule has 1 heterocycles. The zero-order valence-electron chi connectivity index (χ0n) is 15.2. The molecule has 2 atom stereocenters. The van der Waals surface area contributed by atoms with Gasteiger partial charge in [0.1, 0.15) is 23.5 Å². The van der Waals surface area contributed by atoms with Crippen molar-refractivity contribution < 1.29 is 23.1 Å². The summed E-state index contributed by atoms with van der Waals surface area (Å²) in [6.45, 7) is 3.88. The van der Waals surface area contributed by atoms with Crippen LogP contribution >= 0.6 is 0 Å². The Morgan fingerprint density at radius 2 is 1.93 bits per heavy atom. The number of ketones is 1. The number of halogens is 2. The Morgan fingerprint density at radius 3 is 2.52 bits per heavy atom. The molecule has 0 bridgehead atoms. The molecule has 0 aromatic heterocycles. The summed E-state index contributed by atoms with van der Waals surface area (Å²) in [5.41, 5.74) is 1.83. The summed E-state index contributed by atoms with van der Waals surface area (Å²) in [7, 11) is 0. The molecule has 1 fully saturated rings. The van der Waals surface area contributed by atoms with Gasteiger partial charge in [0.05, 0.1) is 6.04 Å². The molecule has 2 aromatic rings. The van der Waals surface area contributed by atoms with Crippen LogP contribution in [0.25, 0.3) is 11.1 Å². The first-order valence-corrected chi connectivity index (χ1v) is 8.87. The van der Waals surface area contributed by atoms with Crippen molar-refractivity contribution in [1.29, 1.82) is 0 Å². The third-order valence-corrected chi connectivity index (χ3v) is 4.81. The fourth-order valence-electron chi connectivity index (χ4n) is 3.30. The quantitative estimate of drug-likeness (QED) is 0.750. The molecule has 0 N–H and O–H groups in total. The lowest BCUT2D eigenvalue weighted by Gasteiger charge is -2.35. The molecule has 0 aliphatic carbocycles. The number of benzene rings is 2. The highest BCUT2D eigenvalue weighted by molar-refractivity contribution is 5.77. The Balaban J connectivity index is 1.71. The first-order chi connectivity index (χ1) is 12.8. The number of amides is 1. The van der Waals surface area contributed by atoms with Crippen LogP contribution in [0.3, 0.4) is 0 Å². The first-order valence-electron chi connectivity index (χ1n) is 8.87. The van der Waals surface area contributed by atoms with E-state index in [0.717, 1.165) is 11.6 Å². The van der Waals surface area contributed by atoms with Crippen LogP contribution in [0, 0.1) is 11.6 Å². The molecule has 0 unspecified atom stereocenters. The summed E-state index contributed by atoms with van der Waals surface area (Å²) >= 11 is 0. The number of cyclic esters (lactones) is 1. The van der Waals surface area contributed by atoms with Crippen molar-refractivity contribution in [3.05, 3.63) is 59.7 Å². The summed E-state index contributed by atoms with van der Waals surface area (Å²) in [4.78, 5) is 25.1. The van der Waals surface area contributed by atoms with Crippen LogP contribution in [0.1, 0.15) is 38.3 Å². The van der Waals surface area contributed by atoms with E-state index in [1.54, 1.807) is 17.0 Å². The normalized spacial score (nSPS) is 18.1. The lowest BCUT2D eigenvalue weighted by molar-refractivity contribution is -0.119. The molecule has 1 saturated heterocycles. The fraction of sp³-hybridized carbons (Fsp3) is 0.333. The zero-order valence-corrected chi connectivity index (χ0v) is 15.2. The van der Waals surface area contributed by atoms with E-state index in [2.05, 4.69) is 0 Å². The van der Waals surface area contributed by atoms with Crippen molar-refractivity contribution in [3.63, 3.8) is 0 Å². The highest BCUT2D eigenvalue weighted by Gasteiger charge is 2.31. The second kappa shape index (κ2) is 7.86. The first kappa shape index (κ1) is 19.0. The number of Topliss-reactive ketones (excluding diaryl/α,β-unsaturated/α-hetero) is 1. The van der Waals surface area contributed by atoms with Crippen molar-refractivity contribution >= 4 is 11.9 Å². The van der Waals surface area contributed by atoms with Gasteiger partial charge in [-0.15, -0.1) is 0 Å². The Hall–Kier alpha value is -2.76. The highest BCUT2D eigenvalue weighted by Crippen LogP contribution is 2.29. The fourth-order valence-corrected chi connectivity index (χ4v) is 3.30. The molecule has 1 amide bonds. The molecule has 0 radical (unpaired) electrons. The SMILES string of the molecule is CC(=O)C[C@@H]1CCN([C@@H](C)c2ccc(-c3ccc(F)cc3F)cc2)C(=O)O1. The van der Waals surface area contributed by atoms with Crippen molar-refractivity contribution in [2.75, 3.05) is 6.54 Å². The topological polar surface area (TPSA) is 46.6 Å². The van der Waals surface area contributed by atoms with E-state index in [1.165, 1.54) is 19.1 Å². The van der Waals surface area contributed by atoms with Crippen LogP contribution < -0.4 is 0 Å². The number of hydrogen-bond donors (Lipinski definition) is 0. The predicted octanol–water partition coefficient (Wildman–Crippen LogP) is 4.88. The largest absolute Gasteiger partial charge is 0.446 e. The average Bonchev–Trinajstić information content (AvgIpc) is 2.61. The van der Waals surface area contributed by atoms with E-state index >= 15 is 0 Å². The van der Waals surface area contributed by atoms with Gasteiger partial charge in [0.25, 0.3) is 0 Å². The van der Waals surface area contributed by atoms with Crippen LogP contribution in [-0.2, 0) is 9.53 Å². The number of ether oxygens (including phenoxy) is 1. The Bertz CT molecular complexity index is 851. The predicted molar refractivity (Wildman–Crippen MR) is 97.1 cm³/mol. The molecule has 6 heteroatoms. The Labute approximate surface area is 156 Å². The zero-order chi connectivity index (χ0) is 19.6. The maximum absolute atomic E-state index is 13.9. The summed E-state index contributed by atoms with van der Waals surface area (Å²) in [5, 5.41) is 0. The van der Waals surface area contributed by atoms with Crippen molar-refractivity contribution in [3.8, 4) is 11.1 Å². The van der Waals surface area contributed by atoms with Gasteiger partial charge in [-0.2, -0.15) is 0 Å². The number of rotatable bonds is 5. The van der Waals surface area contributed by atoms with E-state index in [9.17, 15) is 18.4 Å². The smallest absolute Gasteiger partial charge is 0.410 e. The minimum absolute atomic E-state index is 0.00193. The van der Waals surface area contributed by atoms with Gasteiger partial charge >= 0.3 is 6.09 Å². The molecule has 0 spiro atoms. The van der Waals surface area contributed by atoms with Crippen LogP contribution in [-0.4, -0.2) is 29.4 Å². The maximum Gasteiger partial charge on any atom is 0.410 e. The van der Waals surface area contributed by atoms with Crippen LogP contribution in [0.2, 0.25) is 0 Å². The monoisotopic (exact) mass is 373 g/mol. The molecule has 1 aliphatic heterocycles. The second-order valence-electron chi connectivity index (χ2n) is 6.82. The summed E-state index contributed by atoms with van der Waals surface area (Å²) in [5.74, 6) is -1.24. The van der Waals surface area contributed by atoms with E-state index in [-0.39, 0.29) is 24.3 Å². The van der Waals surface area contributed by atoms with E-state index < -0.39 is 17.7 Å². The third kappa shape index (κ3) is 4.32. The number of hydrogen-bond acceptors (Lipinski definition) is 3. The number of nitrogens with zero attached hydrogens (tertiary/aromatic N) is 1. The Kier molecular flexibility index (Phi) is 5.54. The van der Waals surface area contributed by atoms with Gasteiger partial charge in [0.2, 0.25) is 0 Å². The van der Waals surface area contributed by atoms with Gasteiger partial charge in [-0.1, -0.05) is 24.3 Å². The van der Waals surface area contributed by atoms with E-state index in [1.807, 2.05) is 19.1 Å². The van der Waals surface area contributed by atoms with Gasteiger partial charge < -0.3 is 9.64 Å². The van der Waals surface area contributed by atoms with Gasteiger partial charge in [-0.3, -0.25) is 4.79 Å². The molecule has 4 nitrogen and oxygen atoms in total. The molecule has 2 aromatic carbocycles. The molecule has 142 valence electrons. The molecule has 3 rings (SSSR count). The molecule has 1 aliphatic rings. The molecular weight excluding hydrogens is 352 g/mol. The van der Waals surface area contributed by atoms with Gasteiger partial charge in [-0.25, -0.2) is 13.6 Å².